The summed E-state index contributed by atoms with van der Waals surface area (Å²) in [6.45, 7) is 0.165. The summed E-state index contributed by atoms with van der Waals surface area (Å²) < 4.78 is 6.25. The molecule has 6 nitrogen and oxygen atoms in total. The standard InChI is InChI=1S/C12H10BrN3O3/c13-9-4-2-1-3-8(9)7-19-12-10(16(17)18)5-6-11(14)15-12/h1-6H,7H2,(H2,14,15). The largest absolute Gasteiger partial charge is 0.468 e. The van der Waals surface area contributed by atoms with E-state index in [4.69, 9.17) is 10.5 Å². The molecule has 0 radical (unpaired) electrons. The molecule has 2 aromatic rings. The fourth-order valence-corrected chi connectivity index (χ4v) is 1.85. The molecular weight excluding hydrogens is 314 g/mol. The van der Waals surface area contributed by atoms with Gasteiger partial charge in [0.15, 0.2) is 0 Å². The van der Waals surface area contributed by atoms with Crippen molar-refractivity contribution >= 4 is 27.4 Å². The van der Waals surface area contributed by atoms with Crippen LogP contribution in [0.25, 0.3) is 0 Å². The van der Waals surface area contributed by atoms with Gasteiger partial charge in [0.25, 0.3) is 5.88 Å². The van der Waals surface area contributed by atoms with Crippen molar-refractivity contribution in [1.29, 1.82) is 0 Å². The van der Waals surface area contributed by atoms with Crippen molar-refractivity contribution in [3.63, 3.8) is 0 Å². The van der Waals surface area contributed by atoms with E-state index in [1.165, 1.54) is 12.1 Å². The maximum Gasteiger partial charge on any atom is 0.331 e. The molecule has 2 N–H and O–H groups in total. The first kappa shape index (κ1) is 13.3. The van der Waals surface area contributed by atoms with E-state index < -0.39 is 4.92 Å². The molecule has 19 heavy (non-hydrogen) atoms. The number of benzene rings is 1. The zero-order chi connectivity index (χ0) is 13.8. The molecule has 1 heterocycles. The van der Waals surface area contributed by atoms with Crippen LogP contribution in [0.2, 0.25) is 0 Å². The lowest BCUT2D eigenvalue weighted by Crippen LogP contribution is -2.03. The molecular formula is C12H10BrN3O3. The van der Waals surface area contributed by atoms with Gasteiger partial charge in [-0.1, -0.05) is 34.1 Å². The average Bonchev–Trinajstić information content (AvgIpc) is 2.37. The average molecular weight is 324 g/mol. The highest BCUT2D eigenvalue weighted by Crippen LogP contribution is 2.27. The molecule has 0 unspecified atom stereocenters. The highest BCUT2D eigenvalue weighted by molar-refractivity contribution is 9.10. The van der Waals surface area contributed by atoms with Gasteiger partial charge in [-0.2, -0.15) is 4.98 Å². The van der Waals surface area contributed by atoms with Gasteiger partial charge in [-0.3, -0.25) is 10.1 Å². The second kappa shape index (κ2) is 5.66. The van der Waals surface area contributed by atoms with Gasteiger partial charge in [0.2, 0.25) is 0 Å². The van der Waals surface area contributed by atoms with Crippen LogP contribution in [0, 0.1) is 10.1 Å². The molecule has 0 saturated heterocycles. The first-order valence-electron chi connectivity index (χ1n) is 5.35. The van der Waals surface area contributed by atoms with Crippen LogP contribution in [0.15, 0.2) is 40.9 Å². The molecule has 0 spiro atoms. The van der Waals surface area contributed by atoms with Crippen molar-refractivity contribution in [3.05, 3.63) is 56.5 Å². The highest BCUT2D eigenvalue weighted by atomic mass is 79.9. The number of nitrogens with two attached hydrogens (primary N) is 1. The third kappa shape index (κ3) is 3.19. The number of ether oxygens (including phenoxy) is 1. The molecule has 1 aromatic heterocycles. The molecule has 0 fully saturated rings. The Balaban J connectivity index is 2.22. The van der Waals surface area contributed by atoms with Crippen LogP contribution in [-0.4, -0.2) is 9.91 Å². The monoisotopic (exact) mass is 323 g/mol. The lowest BCUT2D eigenvalue weighted by Gasteiger charge is -2.07. The lowest BCUT2D eigenvalue weighted by atomic mass is 10.2. The summed E-state index contributed by atoms with van der Waals surface area (Å²) >= 11 is 3.37. The fraction of sp³-hybridized carbons (Fsp3) is 0.0833. The summed E-state index contributed by atoms with van der Waals surface area (Å²) in [6.07, 6.45) is 0. The van der Waals surface area contributed by atoms with Crippen molar-refractivity contribution in [2.24, 2.45) is 0 Å². The maximum atomic E-state index is 10.8. The Hall–Kier alpha value is -2.15. The zero-order valence-corrected chi connectivity index (χ0v) is 11.3. The van der Waals surface area contributed by atoms with Crippen LogP contribution in [0.4, 0.5) is 11.5 Å². The molecule has 0 bridgehead atoms. The summed E-state index contributed by atoms with van der Waals surface area (Å²) in [4.78, 5) is 14.1. The predicted molar refractivity (Wildman–Crippen MR) is 73.8 cm³/mol. The van der Waals surface area contributed by atoms with E-state index in [1.807, 2.05) is 24.3 Å². The van der Waals surface area contributed by atoms with Crippen LogP contribution in [0.1, 0.15) is 5.56 Å². The van der Waals surface area contributed by atoms with Crippen LogP contribution in [-0.2, 0) is 6.61 Å². The molecule has 98 valence electrons. The zero-order valence-electron chi connectivity index (χ0n) is 9.75. The molecule has 0 aliphatic rings. The smallest absolute Gasteiger partial charge is 0.331 e. The summed E-state index contributed by atoms with van der Waals surface area (Å²) in [5.41, 5.74) is 6.16. The number of halogens is 1. The Labute approximate surface area is 117 Å². The van der Waals surface area contributed by atoms with Crippen molar-refractivity contribution in [1.82, 2.24) is 4.98 Å². The van der Waals surface area contributed by atoms with E-state index in [0.717, 1.165) is 10.0 Å². The summed E-state index contributed by atoms with van der Waals surface area (Å²) in [6, 6.07) is 10.1. The number of nitro groups is 1. The molecule has 7 heteroatoms. The minimum absolute atomic E-state index is 0.0826. The van der Waals surface area contributed by atoms with Gasteiger partial charge in [-0.05, 0) is 12.1 Å². The minimum Gasteiger partial charge on any atom is -0.468 e. The SMILES string of the molecule is Nc1ccc([N+](=O)[O-])c(OCc2ccccc2Br)n1. The third-order valence-electron chi connectivity index (χ3n) is 2.38. The predicted octanol–water partition coefficient (Wildman–Crippen LogP) is 2.91. The number of hydrogen-bond donors (Lipinski definition) is 1. The van der Waals surface area contributed by atoms with Gasteiger partial charge in [-0.15, -0.1) is 0 Å². The third-order valence-corrected chi connectivity index (χ3v) is 3.15. The molecule has 0 amide bonds. The molecule has 0 aliphatic heterocycles. The lowest BCUT2D eigenvalue weighted by molar-refractivity contribution is -0.386. The number of hydrogen-bond acceptors (Lipinski definition) is 5. The first-order chi connectivity index (χ1) is 9.08. The molecule has 1 aromatic carbocycles. The van der Waals surface area contributed by atoms with Gasteiger partial charge in [-0.25, -0.2) is 0 Å². The van der Waals surface area contributed by atoms with E-state index in [1.54, 1.807) is 0 Å². The number of anilines is 1. The summed E-state index contributed by atoms with van der Waals surface area (Å²) in [5.74, 6) is 0.0912. The molecule has 0 atom stereocenters. The first-order valence-corrected chi connectivity index (χ1v) is 6.14. The Morgan fingerprint density at radius 1 is 1.32 bits per heavy atom. The Kier molecular flexibility index (Phi) is 3.96. The fourth-order valence-electron chi connectivity index (χ4n) is 1.45. The van der Waals surface area contributed by atoms with Gasteiger partial charge in [0, 0.05) is 16.1 Å². The Bertz CT molecular complexity index is 619. The quantitative estimate of drug-likeness (QED) is 0.690. The van der Waals surface area contributed by atoms with Gasteiger partial charge in [0.05, 0.1) is 4.92 Å². The molecule has 2 rings (SSSR count). The van der Waals surface area contributed by atoms with Crippen molar-refractivity contribution in [2.45, 2.75) is 6.61 Å². The maximum absolute atomic E-state index is 10.8. The van der Waals surface area contributed by atoms with E-state index in [2.05, 4.69) is 20.9 Å². The summed E-state index contributed by atoms with van der Waals surface area (Å²) in [7, 11) is 0. The van der Waals surface area contributed by atoms with E-state index in [-0.39, 0.29) is 24.0 Å². The van der Waals surface area contributed by atoms with Crippen LogP contribution >= 0.6 is 15.9 Å². The van der Waals surface area contributed by atoms with Crippen molar-refractivity contribution < 1.29 is 9.66 Å². The highest BCUT2D eigenvalue weighted by Gasteiger charge is 2.17. The van der Waals surface area contributed by atoms with Crippen molar-refractivity contribution in [2.75, 3.05) is 5.73 Å². The Morgan fingerprint density at radius 3 is 2.74 bits per heavy atom. The van der Waals surface area contributed by atoms with E-state index >= 15 is 0 Å². The van der Waals surface area contributed by atoms with E-state index in [9.17, 15) is 10.1 Å². The van der Waals surface area contributed by atoms with Gasteiger partial charge >= 0.3 is 5.69 Å². The minimum atomic E-state index is -0.554. The van der Waals surface area contributed by atoms with E-state index in [0.29, 0.717) is 0 Å². The second-order valence-corrected chi connectivity index (χ2v) is 4.55. The second-order valence-electron chi connectivity index (χ2n) is 3.70. The van der Waals surface area contributed by atoms with Gasteiger partial charge < -0.3 is 10.5 Å². The number of aromatic nitrogens is 1. The normalized spacial score (nSPS) is 10.2. The number of rotatable bonds is 4. The van der Waals surface area contributed by atoms with Crippen LogP contribution in [0.5, 0.6) is 5.88 Å². The number of nitrogen functional groups attached to an aromatic ring is 1. The van der Waals surface area contributed by atoms with Crippen LogP contribution < -0.4 is 10.5 Å². The number of pyridine rings is 1. The van der Waals surface area contributed by atoms with Crippen LogP contribution in [0.3, 0.4) is 0 Å². The molecule has 0 saturated carbocycles. The van der Waals surface area contributed by atoms with Crippen molar-refractivity contribution in [3.8, 4) is 5.88 Å². The summed E-state index contributed by atoms with van der Waals surface area (Å²) in [5, 5.41) is 10.8. The van der Waals surface area contributed by atoms with Gasteiger partial charge in [0.1, 0.15) is 12.4 Å². The molecule has 0 aliphatic carbocycles. The Morgan fingerprint density at radius 2 is 2.05 bits per heavy atom. The topological polar surface area (TPSA) is 91.3 Å². The number of nitrogens with zero attached hydrogens (tertiary/aromatic N) is 2.